The summed E-state index contributed by atoms with van der Waals surface area (Å²) >= 11 is 0. The van der Waals surface area contributed by atoms with Crippen molar-refractivity contribution in [2.75, 3.05) is 26.3 Å². The third kappa shape index (κ3) is 9.90. The van der Waals surface area contributed by atoms with E-state index in [1.807, 2.05) is 24.3 Å². The van der Waals surface area contributed by atoms with Gasteiger partial charge in [-0.25, -0.2) is 0 Å². The van der Waals surface area contributed by atoms with E-state index in [9.17, 15) is 0 Å². The van der Waals surface area contributed by atoms with Crippen LogP contribution in [0.2, 0.25) is 0 Å². The molecule has 0 aliphatic heterocycles. The van der Waals surface area contributed by atoms with Crippen LogP contribution in [0.25, 0.3) is 65.3 Å². The third-order valence-corrected chi connectivity index (χ3v) is 14.0. The van der Waals surface area contributed by atoms with Gasteiger partial charge >= 0.3 is 0 Å². The molecule has 5 heteroatoms. The highest BCUT2D eigenvalue weighted by Gasteiger charge is 2.25. The zero-order chi connectivity index (χ0) is 50.2. The van der Waals surface area contributed by atoms with Crippen LogP contribution in [0.15, 0.2) is 267 Å². The lowest BCUT2D eigenvalue weighted by molar-refractivity contribution is 0.248. The van der Waals surface area contributed by atoms with E-state index in [1.165, 1.54) is 0 Å². The summed E-state index contributed by atoms with van der Waals surface area (Å²) in [6, 6.07) is 93.0. The summed E-state index contributed by atoms with van der Waals surface area (Å²) < 4.78 is 28.2. The van der Waals surface area contributed by atoms with E-state index in [2.05, 4.69) is 248 Å². The predicted octanol–water partition coefficient (Wildman–Crippen LogP) is 17.0. The van der Waals surface area contributed by atoms with Crippen molar-refractivity contribution in [3.05, 3.63) is 289 Å². The van der Waals surface area contributed by atoms with Gasteiger partial charge in [0.25, 0.3) is 0 Å². The predicted molar refractivity (Wildman–Crippen MR) is 308 cm³/mol. The molecule has 12 aromatic rings. The van der Waals surface area contributed by atoms with Gasteiger partial charge in [0, 0.05) is 35.3 Å². The normalized spacial score (nSPS) is 11.4. The zero-order valence-electron chi connectivity index (χ0n) is 41.5. The Morgan fingerprint density at radius 3 is 0.813 bits per heavy atom. The van der Waals surface area contributed by atoms with Gasteiger partial charge in [0.05, 0.1) is 0 Å². The highest BCUT2D eigenvalue weighted by atomic mass is 16.5. The molecular formula is C70H55NO4. The summed E-state index contributed by atoms with van der Waals surface area (Å²) in [4.78, 5) is 0. The molecule has 75 heavy (non-hydrogen) atoms. The summed E-state index contributed by atoms with van der Waals surface area (Å²) in [6.07, 6.45) is -0.671. The fraction of sp³-hybridized carbons (Fsp3) is 0.0857. The minimum Gasteiger partial charge on any atom is -0.492 e. The van der Waals surface area contributed by atoms with Crippen LogP contribution in [0.4, 0.5) is 0 Å². The Kier molecular flexibility index (Phi) is 13.7. The molecule has 0 aliphatic carbocycles. The third-order valence-electron chi connectivity index (χ3n) is 14.0. The maximum atomic E-state index is 7.24. The molecule has 364 valence electrons. The van der Waals surface area contributed by atoms with Crippen molar-refractivity contribution < 1.29 is 18.9 Å². The zero-order valence-corrected chi connectivity index (χ0v) is 41.5. The van der Waals surface area contributed by atoms with E-state index in [1.54, 1.807) is 0 Å². The van der Waals surface area contributed by atoms with E-state index >= 15 is 0 Å². The van der Waals surface area contributed by atoms with Crippen LogP contribution in [0.5, 0.6) is 23.0 Å². The lowest BCUT2D eigenvalue weighted by Gasteiger charge is -2.25. The van der Waals surface area contributed by atoms with Gasteiger partial charge in [-0.3, -0.25) is 0 Å². The topological polar surface area (TPSA) is 49.0 Å². The Hall–Kier alpha value is -9.16. The fourth-order valence-electron chi connectivity index (χ4n) is 10.5. The Labute approximate surface area is 438 Å². The molecule has 0 fully saturated rings. The average Bonchev–Trinajstić information content (AvgIpc) is 3.48. The van der Waals surface area contributed by atoms with Gasteiger partial charge in [-0.1, -0.05) is 243 Å². The van der Waals surface area contributed by atoms with Crippen LogP contribution in [-0.2, 0) is 0 Å². The van der Waals surface area contributed by atoms with Gasteiger partial charge in [0.1, 0.15) is 48.4 Å². The van der Waals surface area contributed by atoms with Crippen LogP contribution in [0, 0.1) is 0 Å². The molecule has 0 spiro atoms. The second-order valence-electron chi connectivity index (χ2n) is 18.7. The first-order valence-electron chi connectivity index (χ1n) is 25.8. The summed E-state index contributed by atoms with van der Waals surface area (Å²) in [5, 5.41) is 12.5. The van der Waals surface area contributed by atoms with E-state index < -0.39 is 0 Å². The van der Waals surface area contributed by atoms with Crippen molar-refractivity contribution in [2.24, 2.45) is 0 Å². The SMILES string of the molecule is c1ccc(C(Oc2ccc3ccccc3c2-c2c(OCCNCCOc3ccc4ccccc4c3-c3c(OC(c4ccccc4)c4ccccc4)ccc4ccccc34)ccc3ccccc23)c2ccccc2)cc1. The molecule has 0 aromatic heterocycles. The number of rotatable bonds is 18. The Morgan fingerprint density at radius 1 is 0.253 bits per heavy atom. The van der Waals surface area contributed by atoms with Crippen LogP contribution in [0.3, 0.4) is 0 Å². The first-order valence-corrected chi connectivity index (χ1v) is 25.8. The molecule has 0 heterocycles. The quantitative estimate of drug-likeness (QED) is 0.0868. The maximum absolute atomic E-state index is 7.24. The molecule has 1 N–H and O–H groups in total. The molecule has 12 rings (SSSR count). The maximum Gasteiger partial charge on any atom is 0.149 e. The van der Waals surface area contributed by atoms with Crippen molar-refractivity contribution in [3.63, 3.8) is 0 Å². The van der Waals surface area contributed by atoms with Gasteiger partial charge in [-0.15, -0.1) is 0 Å². The molecule has 0 saturated carbocycles. The average molecular weight is 974 g/mol. The molecule has 0 radical (unpaired) electrons. The fourth-order valence-corrected chi connectivity index (χ4v) is 10.5. The standard InChI is InChI=1S/C70H55NO4/c1-5-25-53(26-6-1)69(54-27-7-2-8-28-54)74-63-43-39-51-23-15-19-35-59(51)67(63)65-57-33-17-13-21-49(57)37-41-61(65)72-47-45-71-46-48-73-62-42-38-50-22-14-18-34-58(50)66(62)68-60-36-20-16-24-52(60)40-44-64(68)75-70(55-29-9-3-10-30-55)56-31-11-4-12-32-56/h1-44,69-71H,45-48H2. The number of hydrogen-bond acceptors (Lipinski definition) is 5. The van der Waals surface area contributed by atoms with Crippen LogP contribution in [-0.4, -0.2) is 26.3 Å². The second-order valence-corrected chi connectivity index (χ2v) is 18.7. The van der Waals surface area contributed by atoms with Crippen molar-refractivity contribution in [3.8, 4) is 45.3 Å². The Balaban J connectivity index is 0.822. The van der Waals surface area contributed by atoms with Crippen LogP contribution < -0.4 is 24.3 Å². The second kappa shape index (κ2) is 21.9. The molecule has 0 saturated heterocycles. The number of fused-ring (bicyclic) bond motifs is 4. The molecule has 0 bridgehead atoms. The summed E-state index contributed by atoms with van der Waals surface area (Å²) in [5.74, 6) is 3.15. The molecule has 5 nitrogen and oxygen atoms in total. The number of ether oxygens (including phenoxy) is 4. The molecule has 12 aromatic carbocycles. The van der Waals surface area contributed by atoms with E-state index in [4.69, 9.17) is 18.9 Å². The van der Waals surface area contributed by atoms with Gasteiger partial charge in [-0.05, 0) is 89.6 Å². The number of hydrogen-bond donors (Lipinski definition) is 1. The molecule has 0 amide bonds. The van der Waals surface area contributed by atoms with Crippen LogP contribution >= 0.6 is 0 Å². The van der Waals surface area contributed by atoms with Gasteiger partial charge in [0.2, 0.25) is 0 Å². The van der Waals surface area contributed by atoms with E-state index in [0.717, 1.165) is 111 Å². The lowest BCUT2D eigenvalue weighted by atomic mass is 9.92. The Morgan fingerprint density at radius 2 is 0.507 bits per heavy atom. The van der Waals surface area contributed by atoms with Gasteiger partial charge < -0.3 is 24.3 Å². The van der Waals surface area contributed by atoms with Crippen molar-refractivity contribution in [1.82, 2.24) is 5.32 Å². The van der Waals surface area contributed by atoms with Crippen molar-refractivity contribution in [2.45, 2.75) is 12.2 Å². The molecule has 0 aliphatic rings. The van der Waals surface area contributed by atoms with Crippen molar-refractivity contribution >= 4 is 43.1 Å². The van der Waals surface area contributed by atoms with E-state index in [0.29, 0.717) is 26.3 Å². The highest BCUT2D eigenvalue weighted by Crippen LogP contribution is 2.49. The largest absolute Gasteiger partial charge is 0.492 e. The minimum atomic E-state index is -0.335. The molecule has 0 unspecified atom stereocenters. The summed E-state index contributed by atoms with van der Waals surface area (Å²) in [6.45, 7) is 2.07. The van der Waals surface area contributed by atoms with Gasteiger partial charge in [0.15, 0.2) is 0 Å². The smallest absolute Gasteiger partial charge is 0.149 e. The highest BCUT2D eigenvalue weighted by molar-refractivity contribution is 6.11. The first kappa shape index (κ1) is 46.9. The monoisotopic (exact) mass is 973 g/mol. The summed E-state index contributed by atoms with van der Waals surface area (Å²) in [5.41, 5.74) is 8.31. The Bertz CT molecular complexity index is 3550. The number of benzene rings is 12. The molecular weight excluding hydrogens is 919 g/mol. The summed E-state index contributed by atoms with van der Waals surface area (Å²) in [7, 11) is 0. The van der Waals surface area contributed by atoms with Crippen LogP contribution in [0.1, 0.15) is 34.5 Å². The first-order chi connectivity index (χ1) is 37.2. The number of nitrogens with one attached hydrogen (secondary N) is 1. The minimum absolute atomic E-state index is 0.335. The molecule has 0 atom stereocenters. The van der Waals surface area contributed by atoms with Crippen molar-refractivity contribution in [1.29, 1.82) is 0 Å². The van der Waals surface area contributed by atoms with E-state index in [-0.39, 0.29) is 12.2 Å². The van der Waals surface area contributed by atoms with Gasteiger partial charge in [-0.2, -0.15) is 0 Å². The lowest BCUT2D eigenvalue weighted by Crippen LogP contribution is -2.26.